The van der Waals surface area contributed by atoms with E-state index >= 15 is 0 Å². The van der Waals surface area contributed by atoms with E-state index in [2.05, 4.69) is 11.1 Å². The summed E-state index contributed by atoms with van der Waals surface area (Å²) < 4.78 is 0. The Kier molecular flexibility index (Phi) is 2.73. The molecule has 1 unspecified atom stereocenters. The van der Waals surface area contributed by atoms with Crippen molar-refractivity contribution in [2.75, 3.05) is 5.73 Å². The van der Waals surface area contributed by atoms with Crippen molar-refractivity contribution in [3.8, 4) is 0 Å². The molecule has 0 amide bonds. The van der Waals surface area contributed by atoms with Gasteiger partial charge >= 0.3 is 0 Å². The molecule has 1 heterocycles. The maximum atomic E-state index is 5.99. The van der Waals surface area contributed by atoms with Crippen LogP contribution in [0, 0.1) is 0 Å². The van der Waals surface area contributed by atoms with Gasteiger partial charge in [-0.05, 0) is 37.0 Å². The molecule has 0 fully saturated rings. The average Bonchev–Trinajstić information content (AvgIpc) is 2.51. The van der Waals surface area contributed by atoms with Gasteiger partial charge in [-0.15, -0.1) is 11.6 Å². The van der Waals surface area contributed by atoms with Gasteiger partial charge in [0.15, 0.2) is 0 Å². The number of rotatable bonds is 2. The SMILES string of the molecule is Nc1cc(CC2=CC(Cl)CC2)ccn1. The fraction of sp³-hybridized carbons (Fsp3) is 0.364. The van der Waals surface area contributed by atoms with Crippen LogP contribution >= 0.6 is 11.6 Å². The van der Waals surface area contributed by atoms with Crippen LogP contribution in [0.2, 0.25) is 0 Å². The molecular formula is C11H13ClN2. The highest BCUT2D eigenvalue weighted by Gasteiger charge is 2.13. The maximum Gasteiger partial charge on any atom is 0.123 e. The van der Waals surface area contributed by atoms with Crippen LogP contribution < -0.4 is 5.73 Å². The van der Waals surface area contributed by atoms with E-state index in [1.54, 1.807) is 6.20 Å². The molecule has 0 spiro atoms. The third-order valence-corrected chi connectivity index (χ3v) is 2.78. The average molecular weight is 209 g/mol. The Morgan fingerprint density at radius 2 is 2.43 bits per heavy atom. The smallest absolute Gasteiger partial charge is 0.123 e. The van der Waals surface area contributed by atoms with E-state index in [0.717, 1.165) is 19.3 Å². The second kappa shape index (κ2) is 4.01. The Labute approximate surface area is 88.8 Å². The van der Waals surface area contributed by atoms with Crippen LogP contribution in [-0.2, 0) is 6.42 Å². The van der Waals surface area contributed by atoms with Gasteiger partial charge in [-0.2, -0.15) is 0 Å². The highest BCUT2D eigenvalue weighted by Crippen LogP contribution is 2.25. The van der Waals surface area contributed by atoms with Crippen molar-refractivity contribution >= 4 is 17.4 Å². The highest BCUT2D eigenvalue weighted by atomic mass is 35.5. The molecule has 1 aromatic rings. The second-order valence-electron chi connectivity index (χ2n) is 3.65. The third-order valence-electron chi connectivity index (χ3n) is 2.43. The first kappa shape index (κ1) is 9.53. The second-order valence-corrected chi connectivity index (χ2v) is 4.21. The summed E-state index contributed by atoms with van der Waals surface area (Å²) >= 11 is 5.99. The molecule has 2 rings (SSSR count). The molecule has 0 radical (unpaired) electrons. The van der Waals surface area contributed by atoms with Gasteiger partial charge in [0.2, 0.25) is 0 Å². The van der Waals surface area contributed by atoms with Crippen LogP contribution in [0.25, 0.3) is 0 Å². The van der Waals surface area contributed by atoms with Crippen LogP contribution in [0.4, 0.5) is 5.82 Å². The molecular weight excluding hydrogens is 196 g/mol. The quantitative estimate of drug-likeness (QED) is 0.599. The molecule has 1 aliphatic carbocycles. The minimum absolute atomic E-state index is 0.226. The summed E-state index contributed by atoms with van der Waals surface area (Å²) in [4.78, 5) is 3.96. The number of aromatic nitrogens is 1. The molecule has 0 bridgehead atoms. The number of hydrogen-bond donors (Lipinski definition) is 1. The molecule has 3 heteroatoms. The van der Waals surface area contributed by atoms with Gasteiger partial charge in [0.25, 0.3) is 0 Å². The predicted molar refractivity (Wildman–Crippen MR) is 59.3 cm³/mol. The van der Waals surface area contributed by atoms with Gasteiger partial charge in [0, 0.05) is 6.20 Å². The molecule has 0 aliphatic heterocycles. The molecule has 2 nitrogen and oxygen atoms in total. The monoisotopic (exact) mass is 208 g/mol. The third kappa shape index (κ3) is 2.26. The van der Waals surface area contributed by atoms with Crippen LogP contribution in [0.15, 0.2) is 30.0 Å². The molecule has 0 aromatic carbocycles. The van der Waals surface area contributed by atoms with Gasteiger partial charge in [0.05, 0.1) is 5.38 Å². The van der Waals surface area contributed by atoms with Crippen molar-refractivity contribution in [1.29, 1.82) is 0 Å². The van der Waals surface area contributed by atoms with Gasteiger partial charge in [0.1, 0.15) is 5.82 Å². The topological polar surface area (TPSA) is 38.9 Å². The lowest BCUT2D eigenvalue weighted by atomic mass is 10.1. The molecule has 14 heavy (non-hydrogen) atoms. The highest BCUT2D eigenvalue weighted by molar-refractivity contribution is 6.22. The minimum atomic E-state index is 0.226. The van der Waals surface area contributed by atoms with E-state index in [9.17, 15) is 0 Å². The zero-order valence-corrected chi connectivity index (χ0v) is 8.67. The van der Waals surface area contributed by atoms with Crippen LogP contribution in [0.3, 0.4) is 0 Å². The normalized spacial score (nSPS) is 20.9. The number of allylic oxidation sites excluding steroid dienone is 2. The number of halogens is 1. The largest absolute Gasteiger partial charge is 0.384 e. The fourth-order valence-corrected chi connectivity index (χ4v) is 2.05. The number of anilines is 1. The first-order chi connectivity index (χ1) is 6.74. The zero-order chi connectivity index (χ0) is 9.97. The number of hydrogen-bond acceptors (Lipinski definition) is 2. The fourth-order valence-electron chi connectivity index (χ4n) is 1.76. The summed E-state index contributed by atoms with van der Waals surface area (Å²) in [5.74, 6) is 0.587. The molecule has 2 N–H and O–H groups in total. The molecule has 1 atom stereocenters. The van der Waals surface area contributed by atoms with Gasteiger partial charge < -0.3 is 5.73 Å². The minimum Gasteiger partial charge on any atom is -0.384 e. The summed E-state index contributed by atoms with van der Waals surface area (Å²) in [6.45, 7) is 0. The van der Waals surface area contributed by atoms with Gasteiger partial charge in [-0.1, -0.05) is 11.6 Å². The van der Waals surface area contributed by atoms with Crippen molar-refractivity contribution < 1.29 is 0 Å². The Morgan fingerprint density at radius 3 is 3.07 bits per heavy atom. The predicted octanol–water partition coefficient (Wildman–Crippen LogP) is 2.53. The lowest BCUT2D eigenvalue weighted by Crippen LogP contribution is -1.93. The van der Waals surface area contributed by atoms with Crippen molar-refractivity contribution in [3.05, 3.63) is 35.5 Å². The van der Waals surface area contributed by atoms with E-state index in [-0.39, 0.29) is 5.38 Å². The number of nitrogen functional groups attached to an aromatic ring is 1. The summed E-state index contributed by atoms with van der Waals surface area (Å²) in [5.41, 5.74) is 8.23. The Morgan fingerprint density at radius 1 is 1.57 bits per heavy atom. The molecule has 0 saturated heterocycles. The van der Waals surface area contributed by atoms with Crippen molar-refractivity contribution in [2.24, 2.45) is 0 Å². The Hall–Kier alpha value is -1.02. The van der Waals surface area contributed by atoms with E-state index in [1.165, 1.54) is 11.1 Å². The summed E-state index contributed by atoms with van der Waals surface area (Å²) in [6, 6.07) is 3.92. The van der Waals surface area contributed by atoms with Crippen molar-refractivity contribution in [3.63, 3.8) is 0 Å². The van der Waals surface area contributed by atoms with E-state index < -0.39 is 0 Å². The van der Waals surface area contributed by atoms with Gasteiger partial charge in [-0.3, -0.25) is 0 Å². The first-order valence-electron chi connectivity index (χ1n) is 4.78. The molecule has 74 valence electrons. The number of alkyl halides is 1. The van der Waals surface area contributed by atoms with Crippen LogP contribution in [-0.4, -0.2) is 10.4 Å². The first-order valence-corrected chi connectivity index (χ1v) is 5.22. The summed E-state index contributed by atoms with van der Waals surface area (Å²) in [5, 5.41) is 0.226. The standard InChI is InChI=1S/C11H13ClN2/c12-10-2-1-8(6-10)5-9-3-4-14-11(13)7-9/h3-4,6-7,10H,1-2,5H2,(H2,13,14). The zero-order valence-electron chi connectivity index (χ0n) is 7.91. The summed E-state index contributed by atoms with van der Waals surface area (Å²) in [6.07, 6.45) is 7.03. The summed E-state index contributed by atoms with van der Waals surface area (Å²) in [7, 11) is 0. The van der Waals surface area contributed by atoms with E-state index in [0.29, 0.717) is 5.82 Å². The molecule has 1 aliphatic rings. The Balaban J connectivity index is 2.08. The lowest BCUT2D eigenvalue weighted by molar-refractivity contribution is 0.891. The number of nitrogens with two attached hydrogens (primary N) is 1. The van der Waals surface area contributed by atoms with Crippen molar-refractivity contribution in [2.45, 2.75) is 24.6 Å². The molecule has 0 saturated carbocycles. The van der Waals surface area contributed by atoms with Crippen LogP contribution in [0.1, 0.15) is 18.4 Å². The lowest BCUT2D eigenvalue weighted by Gasteiger charge is -2.02. The van der Waals surface area contributed by atoms with E-state index in [4.69, 9.17) is 17.3 Å². The van der Waals surface area contributed by atoms with E-state index in [1.807, 2.05) is 12.1 Å². The number of nitrogens with zero attached hydrogens (tertiary/aromatic N) is 1. The maximum absolute atomic E-state index is 5.99. The van der Waals surface area contributed by atoms with Gasteiger partial charge in [-0.25, -0.2) is 4.98 Å². The molecule has 1 aromatic heterocycles. The van der Waals surface area contributed by atoms with Crippen molar-refractivity contribution in [1.82, 2.24) is 4.98 Å². The number of pyridine rings is 1. The Bertz CT molecular complexity index is 360. The van der Waals surface area contributed by atoms with Crippen LogP contribution in [0.5, 0.6) is 0 Å².